The number of anilines is 1. The van der Waals surface area contributed by atoms with Crippen LogP contribution in [-0.2, 0) is 9.47 Å². The molecule has 0 aliphatic carbocycles. The molecule has 0 amide bonds. The van der Waals surface area contributed by atoms with Gasteiger partial charge in [-0.25, -0.2) is 14.1 Å². The van der Waals surface area contributed by atoms with Gasteiger partial charge in [-0.2, -0.15) is 5.10 Å². The summed E-state index contributed by atoms with van der Waals surface area (Å²) in [7, 11) is 0. The Morgan fingerprint density at radius 2 is 2.00 bits per heavy atom. The van der Waals surface area contributed by atoms with E-state index in [1.54, 1.807) is 18.5 Å². The zero-order valence-electron chi connectivity index (χ0n) is 19.6. The Kier molecular flexibility index (Phi) is 5.87. The number of hydrogen-bond acceptors (Lipinski definition) is 7. The first kappa shape index (κ1) is 22.1. The second kappa shape index (κ2) is 9.31. The molecule has 0 bridgehead atoms. The van der Waals surface area contributed by atoms with Crippen LogP contribution in [0.15, 0.2) is 48.9 Å². The van der Waals surface area contributed by atoms with E-state index >= 15 is 0 Å². The molecule has 180 valence electrons. The van der Waals surface area contributed by atoms with Crippen molar-refractivity contribution in [3.63, 3.8) is 0 Å². The summed E-state index contributed by atoms with van der Waals surface area (Å²) in [6.45, 7) is 4.86. The van der Waals surface area contributed by atoms with Crippen LogP contribution in [0.2, 0.25) is 0 Å². The third-order valence-electron chi connectivity index (χ3n) is 6.72. The number of pyridine rings is 3. The number of hydrogen-bond donors (Lipinski definition) is 0. The second-order valence-corrected chi connectivity index (χ2v) is 9.04. The lowest BCUT2D eigenvalue weighted by molar-refractivity contribution is -0.0383. The van der Waals surface area contributed by atoms with Crippen LogP contribution >= 0.6 is 0 Å². The number of morpholine rings is 1. The Morgan fingerprint density at radius 3 is 2.80 bits per heavy atom. The van der Waals surface area contributed by atoms with Crippen molar-refractivity contribution in [2.24, 2.45) is 0 Å². The molecule has 4 aromatic heterocycles. The van der Waals surface area contributed by atoms with Crippen molar-refractivity contribution in [1.29, 1.82) is 0 Å². The number of rotatable bonds is 4. The molecular formula is C26H27FN6O2. The van der Waals surface area contributed by atoms with Crippen molar-refractivity contribution in [2.75, 3.05) is 31.3 Å². The highest BCUT2D eigenvalue weighted by Gasteiger charge is 2.25. The largest absolute Gasteiger partial charge is 0.377 e. The molecule has 0 spiro atoms. The van der Waals surface area contributed by atoms with Gasteiger partial charge in [0.15, 0.2) is 6.23 Å². The molecule has 35 heavy (non-hydrogen) atoms. The van der Waals surface area contributed by atoms with Crippen LogP contribution in [0, 0.1) is 5.82 Å². The van der Waals surface area contributed by atoms with Gasteiger partial charge in [0.1, 0.15) is 22.8 Å². The van der Waals surface area contributed by atoms with Gasteiger partial charge in [0, 0.05) is 36.5 Å². The van der Waals surface area contributed by atoms with Gasteiger partial charge in [0.25, 0.3) is 0 Å². The van der Waals surface area contributed by atoms with Crippen LogP contribution in [0.5, 0.6) is 0 Å². The Morgan fingerprint density at radius 1 is 1.06 bits per heavy atom. The van der Waals surface area contributed by atoms with Crippen LogP contribution in [0.3, 0.4) is 0 Å². The van der Waals surface area contributed by atoms with Crippen molar-refractivity contribution in [3.05, 3.63) is 54.7 Å². The Bertz CT molecular complexity index is 1340. The van der Waals surface area contributed by atoms with Gasteiger partial charge in [-0.05, 0) is 56.5 Å². The zero-order chi connectivity index (χ0) is 23.8. The molecule has 0 radical (unpaired) electrons. The first-order chi connectivity index (χ1) is 17.2. The van der Waals surface area contributed by atoms with E-state index in [0.29, 0.717) is 18.9 Å². The SMILES string of the molecule is C[C@@H]1COCCN1c1cc(-c2ccc(F)cn2)c2ccnc(-c3ccnn3C3CCCCO3)c2n1. The molecule has 8 nitrogen and oxygen atoms in total. The van der Waals surface area contributed by atoms with Gasteiger partial charge in [0.2, 0.25) is 0 Å². The standard InChI is InChI=1S/C26H27FN6O2/c1-17-16-34-13-11-32(17)23-14-20(21-6-5-18(27)15-29-21)19-7-9-28-26(25(19)31-23)22-8-10-30-33(22)24-4-2-3-12-35-24/h5-10,14-15,17,24H,2-4,11-13,16H2,1H3/t17-,24?/m1/s1. The first-order valence-electron chi connectivity index (χ1n) is 12.1. The normalized spacial score (nSPS) is 20.9. The van der Waals surface area contributed by atoms with Crippen molar-refractivity contribution in [1.82, 2.24) is 24.7 Å². The molecule has 9 heteroatoms. The van der Waals surface area contributed by atoms with E-state index < -0.39 is 0 Å². The van der Waals surface area contributed by atoms with Gasteiger partial charge in [-0.15, -0.1) is 0 Å². The third-order valence-corrected chi connectivity index (χ3v) is 6.72. The summed E-state index contributed by atoms with van der Waals surface area (Å²) in [5, 5.41) is 5.48. The van der Waals surface area contributed by atoms with Gasteiger partial charge >= 0.3 is 0 Å². The maximum Gasteiger partial charge on any atom is 0.150 e. The van der Waals surface area contributed by atoms with E-state index in [1.165, 1.54) is 12.3 Å². The first-order valence-corrected chi connectivity index (χ1v) is 12.1. The minimum Gasteiger partial charge on any atom is -0.377 e. The highest BCUT2D eigenvalue weighted by atomic mass is 19.1. The molecule has 2 atom stereocenters. The zero-order valence-corrected chi connectivity index (χ0v) is 19.6. The van der Waals surface area contributed by atoms with Gasteiger partial charge < -0.3 is 14.4 Å². The predicted octanol–water partition coefficient (Wildman–Crippen LogP) is 4.62. The summed E-state index contributed by atoms with van der Waals surface area (Å²) in [4.78, 5) is 16.5. The van der Waals surface area contributed by atoms with E-state index in [1.807, 2.05) is 22.9 Å². The Balaban J connectivity index is 1.56. The Hall–Kier alpha value is -3.43. The maximum atomic E-state index is 13.7. The lowest BCUT2D eigenvalue weighted by atomic mass is 10.0. The molecule has 0 saturated carbocycles. The van der Waals surface area contributed by atoms with Crippen molar-refractivity contribution in [3.8, 4) is 22.6 Å². The molecule has 2 aliphatic heterocycles. The molecule has 2 saturated heterocycles. The number of aromatic nitrogens is 5. The number of nitrogens with zero attached hydrogens (tertiary/aromatic N) is 6. The predicted molar refractivity (Wildman–Crippen MR) is 130 cm³/mol. The van der Waals surface area contributed by atoms with Crippen LogP contribution in [0.4, 0.5) is 10.2 Å². The molecule has 4 aromatic rings. The highest BCUT2D eigenvalue weighted by molar-refractivity contribution is 6.01. The molecule has 0 N–H and O–H groups in total. The van der Waals surface area contributed by atoms with Crippen LogP contribution in [0.1, 0.15) is 32.4 Å². The summed E-state index contributed by atoms with van der Waals surface area (Å²) >= 11 is 0. The minimum absolute atomic E-state index is 0.119. The van der Waals surface area contributed by atoms with E-state index in [0.717, 1.165) is 66.1 Å². The number of ether oxygens (including phenoxy) is 2. The fourth-order valence-electron chi connectivity index (χ4n) is 4.94. The monoisotopic (exact) mass is 474 g/mol. The quantitative estimate of drug-likeness (QED) is 0.427. The second-order valence-electron chi connectivity index (χ2n) is 9.04. The molecular weight excluding hydrogens is 447 g/mol. The van der Waals surface area contributed by atoms with Crippen LogP contribution in [0.25, 0.3) is 33.5 Å². The average Bonchev–Trinajstić information content (AvgIpc) is 3.39. The fourth-order valence-corrected chi connectivity index (χ4v) is 4.94. The van der Waals surface area contributed by atoms with Gasteiger partial charge in [0.05, 0.1) is 36.8 Å². The summed E-state index contributed by atoms with van der Waals surface area (Å²) in [6.07, 6.45) is 7.77. The lowest BCUT2D eigenvalue weighted by Gasteiger charge is -2.34. The van der Waals surface area contributed by atoms with Crippen LogP contribution < -0.4 is 4.90 Å². The van der Waals surface area contributed by atoms with E-state index in [4.69, 9.17) is 19.4 Å². The Labute approximate surface area is 202 Å². The van der Waals surface area contributed by atoms with E-state index in [2.05, 4.69) is 21.9 Å². The molecule has 2 fully saturated rings. The van der Waals surface area contributed by atoms with Gasteiger partial charge in [-0.3, -0.25) is 9.97 Å². The fraction of sp³-hybridized carbons (Fsp3) is 0.385. The van der Waals surface area contributed by atoms with Gasteiger partial charge in [-0.1, -0.05) is 0 Å². The summed E-state index contributed by atoms with van der Waals surface area (Å²) < 4.78 is 27.3. The molecule has 6 rings (SSSR count). The smallest absolute Gasteiger partial charge is 0.150 e. The molecule has 0 aromatic carbocycles. The van der Waals surface area contributed by atoms with Crippen molar-refractivity contribution in [2.45, 2.75) is 38.5 Å². The average molecular weight is 475 g/mol. The van der Waals surface area contributed by atoms with Crippen molar-refractivity contribution < 1.29 is 13.9 Å². The van der Waals surface area contributed by atoms with E-state index in [9.17, 15) is 4.39 Å². The molecule has 1 unspecified atom stereocenters. The summed E-state index contributed by atoms with van der Waals surface area (Å²) in [5.74, 6) is 0.455. The molecule has 2 aliphatic rings. The van der Waals surface area contributed by atoms with Crippen molar-refractivity contribution >= 4 is 16.7 Å². The van der Waals surface area contributed by atoms with Crippen LogP contribution in [-0.4, -0.2) is 57.1 Å². The minimum atomic E-state index is -0.368. The lowest BCUT2D eigenvalue weighted by Crippen LogP contribution is -2.44. The molecule has 6 heterocycles. The highest BCUT2D eigenvalue weighted by Crippen LogP contribution is 2.36. The summed E-state index contributed by atoms with van der Waals surface area (Å²) in [6, 6.07) is 9.25. The van der Waals surface area contributed by atoms with E-state index in [-0.39, 0.29) is 18.1 Å². The third kappa shape index (κ3) is 4.15. The topological polar surface area (TPSA) is 78.2 Å². The maximum absolute atomic E-state index is 13.7. The number of halogens is 1. The summed E-state index contributed by atoms with van der Waals surface area (Å²) in [5.41, 5.74) is 3.91. The number of fused-ring (bicyclic) bond motifs is 1.